The highest BCUT2D eigenvalue weighted by Crippen LogP contribution is 2.38. The van der Waals surface area contributed by atoms with Crippen LogP contribution in [-0.4, -0.2) is 36.2 Å². The van der Waals surface area contributed by atoms with E-state index in [1.165, 1.54) is 25.9 Å². The van der Waals surface area contributed by atoms with E-state index < -0.39 is 0 Å². The van der Waals surface area contributed by atoms with Crippen LogP contribution < -0.4 is 10.7 Å². The molecule has 2 atom stereocenters. The largest absolute Gasteiger partial charge is 0.314 e. The lowest BCUT2D eigenvalue weighted by atomic mass is 9.80. The number of fused-ring (bicyclic) bond motifs is 1. The molecular formula is C12H25N3. The number of hydrazine groups is 1. The van der Waals surface area contributed by atoms with E-state index in [9.17, 15) is 0 Å². The minimum Gasteiger partial charge on any atom is -0.314 e. The van der Waals surface area contributed by atoms with Crippen LogP contribution >= 0.6 is 0 Å². The van der Waals surface area contributed by atoms with Crippen LogP contribution in [0, 0.1) is 5.41 Å². The Morgan fingerprint density at radius 2 is 2.13 bits per heavy atom. The average molecular weight is 211 g/mol. The Labute approximate surface area is 93.6 Å². The van der Waals surface area contributed by atoms with Crippen molar-refractivity contribution in [2.24, 2.45) is 5.41 Å². The summed E-state index contributed by atoms with van der Waals surface area (Å²) < 4.78 is 0. The summed E-state index contributed by atoms with van der Waals surface area (Å²) in [6.45, 7) is 12.7. The molecular weight excluding hydrogens is 186 g/mol. The highest BCUT2D eigenvalue weighted by molar-refractivity contribution is 5.06. The summed E-state index contributed by atoms with van der Waals surface area (Å²) in [5.74, 6) is 0. The normalized spacial score (nSPS) is 37.2. The molecule has 2 N–H and O–H groups in total. The first-order chi connectivity index (χ1) is 6.98. The third-order valence-corrected chi connectivity index (χ3v) is 3.91. The number of nitrogens with one attached hydrogen (secondary N) is 2. The monoisotopic (exact) mass is 211 g/mol. The molecule has 0 bridgehead atoms. The third kappa shape index (κ3) is 1.93. The minimum absolute atomic E-state index is 0.241. The van der Waals surface area contributed by atoms with Crippen LogP contribution in [0.1, 0.15) is 40.5 Å². The van der Waals surface area contributed by atoms with Gasteiger partial charge in [-0.3, -0.25) is 0 Å². The maximum absolute atomic E-state index is 3.69. The first kappa shape index (κ1) is 11.4. The van der Waals surface area contributed by atoms with Crippen LogP contribution in [0.25, 0.3) is 0 Å². The maximum Gasteiger partial charge on any atom is 0.0421 e. The van der Waals surface area contributed by atoms with Crippen molar-refractivity contribution in [1.82, 2.24) is 15.8 Å². The second kappa shape index (κ2) is 3.72. The highest BCUT2D eigenvalue weighted by atomic mass is 15.6. The summed E-state index contributed by atoms with van der Waals surface area (Å²) in [6.07, 6.45) is 2.63. The van der Waals surface area contributed by atoms with E-state index in [0.717, 1.165) is 6.54 Å². The molecule has 15 heavy (non-hydrogen) atoms. The minimum atomic E-state index is 0.241. The van der Waals surface area contributed by atoms with Crippen molar-refractivity contribution in [3.63, 3.8) is 0 Å². The molecule has 0 spiro atoms. The van der Waals surface area contributed by atoms with Crippen LogP contribution in [0.5, 0.6) is 0 Å². The van der Waals surface area contributed by atoms with Crippen molar-refractivity contribution in [1.29, 1.82) is 0 Å². The van der Waals surface area contributed by atoms with E-state index in [1.807, 2.05) is 0 Å². The molecule has 2 fully saturated rings. The summed E-state index contributed by atoms with van der Waals surface area (Å²) in [4.78, 5) is 0. The molecule has 0 saturated carbocycles. The van der Waals surface area contributed by atoms with Gasteiger partial charge < -0.3 is 5.32 Å². The van der Waals surface area contributed by atoms with E-state index in [-0.39, 0.29) is 5.54 Å². The third-order valence-electron chi connectivity index (χ3n) is 3.91. The Balaban J connectivity index is 2.10. The second-order valence-corrected chi connectivity index (χ2v) is 6.18. The molecule has 2 saturated heterocycles. The van der Waals surface area contributed by atoms with Gasteiger partial charge in [-0.2, -0.15) is 0 Å². The predicted molar refractivity (Wildman–Crippen MR) is 63.6 cm³/mol. The zero-order chi connectivity index (χ0) is 11.1. The van der Waals surface area contributed by atoms with E-state index in [1.54, 1.807) is 0 Å². The fourth-order valence-electron chi connectivity index (χ4n) is 2.97. The van der Waals surface area contributed by atoms with Gasteiger partial charge in [0, 0.05) is 36.6 Å². The van der Waals surface area contributed by atoms with Gasteiger partial charge in [-0.05, 0) is 27.2 Å². The van der Waals surface area contributed by atoms with Gasteiger partial charge in [-0.15, -0.1) is 0 Å². The zero-order valence-corrected chi connectivity index (χ0v) is 10.6. The Kier molecular flexibility index (Phi) is 2.82. The second-order valence-electron chi connectivity index (χ2n) is 6.18. The molecule has 0 amide bonds. The lowest BCUT2D eigenvalue weighted by molar-refractivity contribution is 0.0958. The quantitative estimate of drug-likeness (QED) is 0.722. The Morgan fingerprint density at radius 3 is 2.73 bits per heavy atom. The van der Waals surface area contributed by atoms with Gasteiger partial charge in [0.15, 0.2) is 0 Å². The molecule has 88 valence electrons. The molecule has 3 heteroatoms. The van der Waals surface area contributed by atoms with Crippen LogP contribution in [0.4, 0.5) is 0 Å². The van der Waals surface area contributed by atoms with Gasteiger partial charge >= 0.3 is 0 Å². The van der Waals surface area contributed by atoms with Crippen LogP contribution in [-0.2, 0) is 0 Å². The summed E-state index contributed by atoms with van der Waals surface area (Å²) >= 11 is 0. The smallest absolute Gasteiger partial charge is 0.0421 e. The van der Waals surface area contributed by atoms with Crippen LogP contribution in [0.3, 0.4) is 0 Å². The Morgan fingerprint density at radius 1 is 1.40 bits per heavy atom. The Bertz CT molecular complexity index is 234. The summed E-state index contributed by atoms with van der Waals surface area (Å²) in [5, 5.41) is 5.97. The van der Waals surface area contributed by atoms with Crippen molar-refractivity contribution in [2.45, 2.75) is 52.1 Å². The first-order valence-electron chi connectivity index (χ1n) is 6.22. The molecule has 2 aliphatic rings. The van der Waals surface area contributed by atoms with Gasteiger partial charge in [-0.1, -0.05) is 13.3 Å². The van der Waals surface area contributed by atoms with Gasteiger partial charge in [-0.25, -0.2) is 10.4 Å². The molecule has 0 aromatic carbocycles. The van der Waals surface area contributed by atoms with Gasteiger partial charge in [0.25, 0.3) is 0 Å². The zero-order valence-electron chi connectivity index (χ0n) is 10.6. The average Bonchev–Trinajstić information content (AvgIpc) is 2.58. The van der Waals surface area contributed by atoms with Gasteiger partial charge in [0.05, 0.1) is 0 Å². The lowest BCUT2D eigenvalue weighted by Crippen LogP contribution is -2.49. The molecule has 3 nitrogen and oxygen atoms in total. The van der Waals surface area contributed by atoms with Crippen molar-refractivity contribution in [3.8, 4) is 0 Å². The van der Waals surface area contributed by atoms with E-state index in [4.69, 9.17) is 0 Å². The summed E-state index contributed by atoms with van der Waals surface area (Å²) in [5.41, 5.74) is 4.42. The molecule has 2 heterocycles. The van der Waals surface area contributed by atoms with E-state index in [2.05, 4.69) is 43.4 Å². The molecule has 0 aromatic rings. The van der Waals surface area contributed by atoms with Crippen molar-refractivity contribution >= 4 is 0 Å². The standard InChI is InChI=1S/C12H25N3/c1-5-6-12-8-13-7-10(12)14-15(9-12)11(2,3)4/h10,13-14H,5-9H2,1-4H3. The van der Waals surface area contributed by atoms with Crippen molar-refractivity contribution in [2.75, 3.05) is 19.6 Å². The van der Waals surface area contributed by atoms with Gasteiger partial charge in [0.1, 0.15) is 0 Å². The predicted octanol–water partition coefficient (Wildman–Crippen LogP) is 1.36. The number of hydrogen-bond donors (Lipinski definition) is 2. The topological polar surface area (TPSA) is 27.3 Å². The highest BCUT2D eigenvalue weighted by Gasteiger charge is 2.50. The van der Waals surface area contributed by atoms with E-state index >= 15 is 0 Å². The van der Waals surface area contributed by atoms with Crippen LogP contribution in [0.2, 0.25) is 0 Å². The molecule has 0 aliphatic carbocycles. The summed E-state index contributed by atoms with van der Waals surface area (Å²) in [6, 6.07) is 0.650. The van der Waals surface area contributed by atoms with Crippen molar-refractivity contribution < 1.29 is 0 Å². The molecule has 0 radical (unpaired) electrons. The summed E-state index contributed by atoms with van der Waals surface area (Å²) in [7, 11) is 0. The van der Waals surface area contributed by atoms with Crippen LogP contribution in [0.15, 0.2) is 0 Å². The van der Waals surface area contributed by atoms with E-state index in [0.29, 0.717) is 11.5 Å². The fraction of sp³-hybridized carbons (Fsp3) is 1.00. The number of rotatable bonds is 2. The fourth-order valence-corrected chi connectivity index (χ4v) is 2.97. The maximum atomic E-state index is 3.69. The molecule has 0 aromatic heterocycles. The van der Waals surface area contributed by atoms with Gasteiger partial charge in [0.2, 0.25) is 0 Å². The number of hydrogen-bond acceptors (Lipinski definition) is 3. The molecule has 2 rings (SSSR count). The first-order valence-corrected chi connectivity index (χ1v) is 6.22. The SMILES string of the molecule is CCCC12CNCC1NN(C(C)(C)C)C2. The Hall–Kier alpha value is -0.120. The lowest BCUT2D eigenvalue weighted by Gasteiger charge is -2.33. The molecule has 2 unspecified atom stereocenters. The number of nitrogens with zero attached hydrogens (tertiary/aromatic N) is 1. The van der Waals surface area contributed by atoms with Crippen molar-refractivity contribution in [3.05, 3.63) is 0 Å². The molecule has 2 aliphatic heterocycles.